The highest BCUT2D eigenvalue weighted by Crippen LogP contribution is 2.14. The topological polar surface area (TPSA) is 105 Å². The minimum absolute atomic E-state index is 0.176. The zero-order valence-electron chi connectivity index (χ0n) is 8.38. The quantitative estimate of drug-likeness (QED) is 0.544. The molecular weight excluding hydrogens is 202 g/mol. The summed E-state index contributed by atoms with van der Waals surface area (Å²) in [5.74, 6) is -1.21. The van der Waals surface area contributed by atoms with E-state index in [1.807, 2.05) is 13.8 Å². The Morgan fingerprint density at radius 3 is 2.60 bits per heavy atom. The van der Waals surface area contributed by atoms with Crippen molar-refractivity contribution in [2.75, 3.05) is 0 Å². The zero-order valence-corrected chi connectivity index (χ0v) is 8.38. The van der Waals surface area contributed by atoms with Gasteiger partial charge in [-0.3, -0.25) is 10.1 Å². The Hall–Kier alpha value is -1.79. The number of nitrogens with zero attached hydrogens (tertiary/aromatic N) is 3. The van der Waals surface area contributed by atoms with Crippen LogP contribution in [0.3, 0.4) is 0 Å². The molecule has 0 spiro atoms. The van der Waals surface area contributed by atoms with Crippen molar-refractivity contribution in [3.8, 4) is 0 Å². The van der Waals surface area contributed by atoms with Crippen molar-refractivity contribution >= 4 is 17.4 Å². The van der Waals surface area contributed by atoms with Gasteiger partial charge in [0.2, 0.25) is 5.71 Å². The van der Waals surface area contributed by atoms with E-state index in [1.54, 1.807) is 0 Å². The Labute approximate surface area is 85.7 Å². The van der Waals surface area contributed by atoms with Gasteiger partial charge in [0.25, 0.3) is 0 Å². The molecule has 0 aromatic carbocycles. The van der Waals surface area contributed by atoms with Crippen LogP contribution in [0, 0.1) is 16.0 Å². The third-order valence-corrected chi connectivity index (χ3v) is 1.91. The van der Waals surface area contributed by atoms with Crippen molar-refractivity contribution in [2.45, 2.75) is 26.3 Å². The van der Waals surface area contributed by atoms with Crippen LogP contribution in [-0.4, -0.2) is 33.5 Å². The number of nitro groups is 1. The second-order valence-electron chi connectivity index (χ2n) is 3.67. The molecule has 0 saturated carbocycles. The lowest BCUT2D eigenvalue weighted by Gasteiger charge is -2.07. The fourth-order valence-electron chi connectivity index (χ4n) is 1.34. The lowest BCUT2D eigenvalue weighted by Crippen LogP contribution is -2.39. The van der Waals surface area contributed by atoms with Gasteiger partial charge in [-0.15, -0.1) is 5.10 Å². The molecule has 0 aliphatic carbocycles. The van der Waals surface area contributed by atoms with Crippen molar-refractivity contribution in [3.63, 3.8) is 0 Å². The minimum Gasteiger partial charge on any atom is -0.476 e. The van der Waals surface area contributed by atoms with Gasteiger partial charge in [0.05, 0.1) is 0 Å². The van der Waals surface area contributed by atoms with Gasteiger partial charge in [-0.1, -0.05) is 13.8 Å². The molecule has 0 fully saturated rings. The van der Waals surface area contributed by atoms with Crippen LogP contribution < -0.4 is 0 Å². The lowest BCUT2D eigenvalue weighted by molar-refractivity contribution is -0.484. The third-order valence-electron chi connectivity index (χ3n) is 1.91. The molecule has 1 aliphatic rings. The van der Waals surface area contributed by atoms with Crippen molar-refractivity contribution in [2.24, 2.45) is 16.1 Å². The molecule has 1 rings (SSSR count). The molecule has 0 amide bonds. The molecule has 82 valence electrons. The summed E-state index contributed by atoms with van der Waals surface area (Å²) in [6.07, 6.45) is 0.381. The Morgan fingerprint density at radius 1 is 1.60 bits per heavy atom. The first-order chi connectivity index (χ1) is 6.93. The number of hydrogen-bond donors (Lipinski definition) is 1. The SMILES string of the molecule is CC(C)CC1=NN=C(C(=O)O)[C@@H]1[N+](=O)[O-]. The molecule has 0 bridgehead atoms. The van der Waals surface area contributed by atoms with Crippen LogP contribution in [0.5, 0.6) is 0 Å². The molecule has 1 atom stereocenters. The maximum Gasteiger partial charge on any atom is 0.359 e. The average Bonchev–Trinajstić information content (AvgIpc) is 2.46. The van der Waals surface area contributed by atoms with Gasteiger partial charge in [-0.05, 0) is 12.3 Å². The van der Waals surface area contributed by atoms with E-state index < -0.39 is 22.6 Å². The number of carbonyl (C=O) groups is 1. The van der Waals surface area contributed by atoms with E-state index in [0.29, 0.717) is 6.42 Å². The van der Waals surface area contributed by atoms with Crippen molar-refractivity contribution in [3.05, 3.63) is 10.1 Å². The molecule has 0 aromatic heterocycles. The monoisotopic (exact) mass is 213 g/mol. The van der Waals surface area contributed by atoms with E-state index >= 15 is 0 Å². The Kier molecular flexibility index (Phi) is 3.13. The summed E-state index contributed by atoms with van der Waals surface area (Å²) < 4.78 is 0. The molecule has 0 aromatic rings. The van der Waals surface area contributed by atoms with E-state index in [4.69, 9.17) is 5.11 Å². The van der Waals surface area contributed by atoms with E-state index in [1.165, 1.54) is 0 Å². The highest BCUT2D eigenvalue weighted by atomic mass is 16.6. The molecule has 7 heteroatoms. The average molecular weight is 213 g/mol. The first-order valence-corrected chi connectivity index (χ1v) is 4.44. The Balaban J connectivity index is 2.88. The predicted octanol–water partition coefficient (Wildman–Crippen LogP) is 0.573. The zero-order chi connectivity index (χ0) is 11.6. The molecule has 1 N–H and O–H groups in total. The summed E-state index contributed by atoms with van der Waals surface area (Å²) in [6, 6.07) is -1.38. The molecule has 1 aliphatic heterocycles. The molecule has 0 saturated heterocycles. The summed E-state index contributed by atoms with van der Waals surface area (Å²) in [5, 5.41) is 26.3. The fraction of sp³-hybridized carbons (Fsp3) is 0.625. The van der Waals surface area contributed by atoms with E-state index in [0.717, 1.165) is 0 Å². The third kappa shape index (κ3) is 2.36. The maximum atomic E-state index is 10.7. The predicted molar refractivity (Wildman–Crippen MR) is 52.7 cm³/mol. The van der Waals surface area contributed by atoms with Gasteiger partial charge in [-0.2, -0.15) is 5.10 Å². The van der Waals surface area contributed by atoms with Gasteiger partial charge in [0, 0.05) is 4.92 Å². The summed E-state index contributed by atoms with van der Waals surface area (Å²) in [6.45, 7) is 3.75. The molecular formula is C8H11N3O4. The van der Waals surface area contributed by atoms with E-state index in [9.17, 15) is 14.9 Å². The van der Waals surface area contributed by atoms with Crippen molar-refractivity contribution in [1.29, 1.82) is 0 Å². The molecule has 1 heterocycles. The van der Waals surface area contributed by atoms with Crippen molar-refractivity contribution < 1.29 is 14.8 Å². The maximum absolute atomic E-state index is 10.7. The molecule has 0 unspecified atom stereocenters. The van der Waals surface area contributed by atoms with E-state index in [2.05, 4.69) is 10.2 Å². The second kappa shape index (κ2) is 4.16. The molecule has 15 heavy (non-hydrogen) atoms. The molecule has 7 nitrogen and oxygen atoms in total. The van der Waals surface area contributed by atoms with Crippen LogP contribution in [0.25, 0.3) is 0 Å². The van der Waals surface area contributed by atoms with Gasteiger partial charge in [0.15, 0.2) is 0 Å². The molecule has 0 radical (unpaired) electrons. The van der Waals surface area contributed by atoms with Crippen molar-refractivity contribution in [1.82, 2.24) is 0 Å². The lowest BCUT2D eigenvalue weighted by atomic mass is 9.99. The van der Waals surface area contributed by atoms with Gasteiger partial charge in [0.1, 0.15) is 5.71 Å². The second-order valence-corrected chi connectivity index (χ2v) is 3.67. The fourth-order valence-corrected chi connectivity index (χ4v) is 1.34. The summed E-state index contributed by atoms with van der Waals surface area (Å²) in [7, 11) is 0. The number of hydrogen-bond acceptors (Lipinski definition) is 5. The minimum atomic E-state index is -1.39. The van der Waals surface area contributed by atoms with E-state index in [-0.39, 0.29) is 11.6 Å². The van der Waals surface area contributed by atoms with Crippen LogP contribution in [0.15, 0.2) is 10.2 Å². The largest absolute Gasteiger partial charge is 0.476 e. The van der Waals surface area contributed by atoms with Crippen LogP contribution in [0.2, 0.25) is 0 Å². The number of carboxylic acid groups (broad SMARTS) is 1. The number of carboxylic acids is 1. The Morgan fingerprint density at radius 2 is 2.20 bits per heavy atom. The van der Waals surface area contributed by atoms with Crippen LogP contribution >= 0.6 is 0 Å². The Bertz CT molecular complexity index is 359. The standard InChI is InChI=1S/C8H11N3O4/c1-4(2)3-5-7(11(14)15)6(8(12)13)10-9-5/h4,7H,3H2,1-2H3,(H,12,13)/t7-/m1/s1. The highest BCUT2D eigenvalue weighted by molar-refractivity contribution is 6.43. The van der Waals surface area contributed by atoms with Crippen LogP contribution in [0.4, 0.5) is 0 Å². The first-order valence-electron chi connectivity index (χ1n) is 4.44. The smallest absolute Gasteiger partial charge is 0.359 e. The number of rotatable bonds is 4. The first kappa shape index (κ1) is 11.3. The number of aliphatic carboxylic acids is 1. The summed E-state index contributed by atoms with van der Waals surface area (Å²) in [4.78, 5) is 20.7. The van der Waals surface area contributed by atoms with Crippen LogP contribution in [0.1, 0.15) is 20.3 Å². The van der Waals surface area contributed by atoms with Crippen LogP contribution in [-0.2, 0) is 4.79 Å². The highest BCUT2D eigenvalue weighted by Gasteiger charge is 2.41. The van der Waals surface area contributed by atoms with Gasteiger partial charge in [-0.25, -0.2) is 4.79 Å². The summed E-state index contributed by atoms with van der Waals surface area (Å²) in [5.41, 5.74) is -0.289. The van der Waals surface area contributed by atoms with Gasteiger partial charge >= 0.3 is 12.0 Å². The van der Waals surface area contributed by atoms with Gasteiger partial charge < -0.3 is 5.11 Å². The normalized spacial score (nSPS) is 20.1. The summed E-state index contributed by atoms with van der Waals surface area (Å²) >= 11 is 0.